The van der Waals surface area contributed by atoms with Gasteiger partial charge in [0, 0.05) is 17.1 Å². The Bertz CT molecular complexity index is 908. The Morgan fingerprint density at radius 2 is 1.55 bits per heavy atom. The molecular formula is C26H39N5O2. The van der Waals surface area contributed by atoms with Crippen molar-refractivity contribution in [2.75, 3.05) is 5.32 Å². The number of rotatable bonds is 3. The predicted molar refractivity (Wildman–Crippen MR) is 133 cm³/mol. The number of hydrogen-bond donors (Lipinski definition) is 6. The van der Waals surface area contributed by atoms with Gasteiger partial charge in [0.25, 0.3) is 0 Å². The number of anilines is 1. The van der Waals surface area contributed by atoms with E-state index in [-0.39, 0.29) is 23.7 Å². The number of carbonyl (C=O) groups is 1. The lowest BCUT2D eigenvalue weighted by molar-refractivity contribution is -0.0456. The Labute approximate surface area is 197 Å². The SMILES string of the molecule is CC1NC(NC(=O)Nc2ccc3ccccc3c2)NC(NO)C12CCCCCCCCCC2. The van der Waals surface area contributed by atoms with E-state index < -0.39 is 6.29 Å². The third-order valence-electron chi connectivity index (χ3n) is 7.63. The van der Waals surface area contributed by atoms with Crippen molar-refractivity contribution >= 4 is 22.5 Å². The summed E-state index contributed by atoms with van der Waals surface area (Å²) in [6, 6.07) is 13.8. The third kappa shape index (κ3) is 5.84. The fourth-order valence-electron chi connectivity index (χ4n) is 5.68. The molecule has 4 rings (SSSR count). The molecular weight excluding hydrogens is 414 g/mol. The molecule has 2 fully saturated rings. The molecule has 6 N–H and O–H groups in total. The number of fused-ring (bicyclic) bond motifs is 1. The average molecular weight is 454 g/mol. The Morgan fingerprint density at radius 1 is 0.909 bits per heavy atom. The van der Waals surface area contributed by atoms with Crippen LogP contribution in [-0.4, -0.2) is 29.7 Å². The normalized spacial score (nSPS) is 26.4. The van der Waals surface area contributed by atoms with Crippen LogP contribution in [0.15, 0.2) is 42.5 Å². The summed E-state index contributed by atoms with van der Waals surface area (Å²) in [5.41, 5.74) is 3.18. The first-order valence-corrected chi connectivity index (χ1v) is 12.6. The maximum absolute atomic E-state index is 12.7. The topological polar surface area (TPSA) is 97.5 Å². The molecule has 1 aliphatic heterocycles. The van der Waals surface area contributed by atoms with Gasteiger partial charge in [0.1, 0.15) is 6.29 Å². The summed E-state index contributed by atoms with van der Waals surface area (Å²) in [5, 5.41) is 25.2. The second-order valence-corrected chi connectivity index (χ2v) is 9.77. The van der Waals surface area contributed by atoms with E-state index in [4.69, 9.17) is 0 Å². The van der Waals surface area contributed by atoms with Gasteiger partial charge in [-0.1, -0.05) is 81.7 Å². The highest BCUT2D eigenvalue weighted by Gasteiger charge is 2.47. The molecule has 7 nitrogen and oxygen atoms in total. The maximum atomic E-state index is 12.7. The van der Waals surface area contributed by atoms with Gasteiger partial charge in [-0.2, -0.15) is 5.48 Å². The summed E-state index contributed by atoms with van der Waals surface area (Å²) in [4.78, 5) is 12.7. The van der Waals surface area contributed by atoms with E-state index in [1.54, 1.807) is 0 Å². The Morgan fingerprint density at radius 3 is 2.21 bits per heavy atom. The van der Waals surface area contributed by atoms with Crippen LogP contribution in [-0.2, 0) is 0 Å². The largest absolute Gasteiger partial charge is 0.321 e. The van der Waals surface area contributed by atoms with Crippen molar-refractivity contribution in [2.24, 2.45) is 5.41 Å². The van der Waals surface area contributed by atoms with Gasteiger partial charge in [0.05, 0.1) is 6.17 Å². The molecule has 1 aliphatic carbocycles. The molecule has 7 heteroatoms. The van der Waals surface area contributed by atoms with Crippen LogP contribution in [0.4, 0.5) is 10.5 Å². The predicted octanol–water partition coefficient (Wildman–Crippen LogP) is 5.03. The second kappa shape index (κ2) is 11.3. The van der Waals surface area contributed by atoms with Gasteiger partial charge >= 0.3 is 6.03 Å². The first-order chi connectivity index (χ1) is 16.1. The van der Waals surface area contributed by atoms with Crippen LogP contribution in [0.1, 0.15) is 71.1 Å². The molecule has 1 saturated carbocycles. The maximum Gasteiger partial charge on any atom is 0.321 e. The van der Waals surface area contributed by atoms with Gasteiger partial charge in [-0.25, -0.2) is 4.79 Å². The van der Waals surface area contributed by atoms with Crippen LogP contribution in [0.3, 0.4) is 0 Å². The molecule has 2 aromatic rings. The van der Waals surface area contributed by atoms with Crippen molar-refractivity contribution in [3.8, 4) is 0 Å². The minimum absolute atomic E-state index is 0.105. The molecule has 3 atom stereocenters. The Hall–Kier alpha value is -2.19. The van der Waals surface area contributed by atoms with E-state index in [1.807, 2.05) is 36.4 Å². The zero-order chi connectivity index (χ0) is 23.1. The van der Waals surface area contributed by atoms with Crippen LogP contribution in [0.25, 0.3) is 10.8 Å². The summed E-state index contributed by atoms with van der Waals surface area (Å²) in [6.45, 7) is 2.18. The third-order valence-corrected chi connectivity index (χ3v) is 7.63. The monoisotopic (exact) mass is 453 g/mol. The van der Waals surface area contributed by atoms with E-state index in [1.165, 1.54) is 38.5 Å². The van der Waals surface area contributed by atoms with Crippen molar-refractivity contribution in [1.29, 1.82) is 0 Å². The fraction of sp³-hybridized carbons (Fsp3) is 0.577. The second-order valence-electron chi connectivity index (χ2n) is 9.77. The minimum atomic E-state index is -0.450. The van der Waals surface area contributed by atoms with Crippen molar-refractivity contribution in [3.05, 3.63) is 42.5 Å². The number of carbonyl (C=O) groups excluding carboxylic acids is 1. The van der Waals surface area contributed by atoms with Crippen LogP contribution >= 0.6 is 0 Å². The molecule has 1 heterocycles. The van der Waals surface area contributed by atoms with Crippen LogP contribution in [0.5, 0.6) is 0 Å². The van der Waals surface area contributed by atoms with E-state index in [9.17, 15) is 10.0 Å². The lowest BCUT2D eigenvalue weighted by Crippen LogP contribution is -2.75. The fourth-order valence-corrected chi connectivity index (χ4v) is 5.68. The molecule has 1 spiro atoms. The average Bonchev–Trinajstić information content (AvgIpc) is 2.87. The van der Waals surface area contributed by atoms with Gasteiger partial charge < -0.3 is 15.8 Å². The Balaban J connectivity index is 1.39. The Kier molecular flexibility index (Phi) is 8.20. The molecule has 0 bridgehead atoms. The molecule has 3 unspecified atom stereocenters. The van der Waals surface area contributed by atoms with Crippen LogP contribution < -0.4 is 26.7 Å². The van der Waals surface area contributed by atoms with E-state index in [0.29, 0.717) is 0 Å². The summed E-state index contributed by atoms with van der Waals surface area (Å²) in [5.74, 6) is 0. The number of amides is 2. The zero-order valence-corrected chi connectivity index (χ0v) is 19.7. The van der Waals surface area contributed by atoms with E-state index in [0.717, 1.165) is 42.1 Å². The number of hydrogen-bond acceptors (Lipinski definition) is 5. The van der Waals surface area contributed by atoms with Crippen molar-refractivity contribution in [1.82, 2.24) is 21.4 Å². The molecule has 180 valence electrons. The van der Waals surface area contributed by atoms with Crippen molar-refractivity contribution in [3.63, 3.8) is 0 Å². The van der Waals surface area contributed by atoms with E-state index in [2.05, 4.69) is 39.7 Å². The molecule has 0 aromatic heterocycles. The zero-order valence-electron chi connectivity index (χ0n) is 19.7. The number of benzene rings is 2. The lowest BCUT2D eigenvalue weighted by Gasteiger charge is -2.52. The molecule has 2 aromatic carbocycles. The number of urea groups is 1. The van der Waals surface area contributed by atoms with Gasteiger partial charge in [-0.15, -0.1) is 0 Å². The molecule has 33 heavy (non-hydrogen) atoms. The summed E-state index contributed by atoms with van der Waals surface area (Å²) in [7, 11) is 0. The van der Waals surface area contributed by atoms with Crippen molar-refractivity contribution < 1.29 is 10.0 Å². The van der Waals surface area contributed by atoms with Gasteiger partial charge in [-0.05, 0) is 42.7 Å². The lowest BCUT2D eigenvalue weighted by atomic mass is 9.69. The smallest absolute Gasteiger partial charge is 0.315 e. The number of nitrogens with one attached hydrogen (secondary N) is 5. The molecule has 0 radical (unpaired) electrons. The van der Waals surface area contributed by atoms with Gasteiger partial charge in [0.2, 0.25) is 0 Å². The molecule has 1 saturated heterocycles. The number of hydroxylamine groups is 1. The highest BCUT2D eigenvalue weighted by atomic mass is 16.5. The van der Waals surface area contributed by atoms with Crippen LogP contribution in [0, 0.1) is 5.41 Å². The molecule has 2 aliphatic rings. The first kappa shape index (κ1) is 24.0. The highest BCUT2D eigenvalue weighted by Crippen LogP contribution is 2.40. The van der Waals surface area contributed by atoms with Crippen molar-refractivity contribution in [2.45, 2.75) is 89.6 Å². The summed E-state index contributed by atoms with van der Waals surface area (Å²) < 4.78 is 0. The first-order valence-electron chi connectivity index (χ1n) is 12.6. The summed E-state index contributed by atoms with van der Waals surface area (Å²) >= 11 is 0. The standard InChI is InChI=1S/C26H39N5O2/c1-19-26(16-10-6-4-2-3-5-7-11-17-26)23(31-33)29-24(27-19)30-25(32)28-22-15-14-20-12-8-9-13-21(20)18-22/h8-9,12-15,18-19,23-24,27,29,31,33H,2-7,10-11,16-17H2,1H3,(H2,28,30,32). The van der Waals surface area contributed by atoms with Crippen LogP contribution in [0.2, 0.25) is 0 Å². The van der Waals surface area contributed by atoms with E-state index >= 15 is 0 Å². The highest BCUT2D eigenvalue weighted by molar-refractivity contribution is 5.93. The summed E-state index contributed by atoms with van der Waals surface area (Å²) in [6.07, 6.45) is 11.4. The van der Waals surface area contributed by atoms with Gasteiger partial charge in [-0.3, -0.25) is 10.6 Å². The quantitative estimate of drug-likeness (QED) is 0.366. The molecule has 2 amide bonds. The van der Waals surface area contributed by atoms with Gasteiger partial charge in [0.15, 0.2) is 0 Å². The minimum Gasteiger partial charge on any atom is -0.315 e.